The molecular weight excluding hydrogens is 488 g/mol. The lowest BCUT2D eigenvalue weighted by Gasteiger charge is -2.38. The fourth-order valence-corrected chi connectivity index (χ4v) is 5.05. The number of hydrogen-bond donors (Lipinski definition) is 0. The van der Waals surface area contributed by atoms with Crippen molar-refractivity contribution >= 4 is 11.3 Å². The summed E-state index contributed by atoms with van der Waals surface area (Å²) in [6.45, 7) is 10.0. The SMILES string of the molecule is CC(C)n1cc(-c2cn3ncc(C#N)c3c(-c3ccc(N4CCN([C@H](C)c5ccccn5)CC4)nc3)n2)cn1. The van der Waals surface area contributed by atoms with Crippen LogP contribution in [0.1, 0.15) is 44.1 Å². The van der Waals surface area contributed by atoms with E-state index >= 15 is 0 Å². The quantitative estimate of drug-likeness (QED) is 0.326. The highest BCUT2D eigenvalue weighted by atomic mass is 15.3. The van der Waals surface area contributed by atoms with E-state index in [1.54, 1.807) is 10.7 Å². The maximum absolute atomic E-state index is 9.72. The molecular formula is C29H30N10. The average Bonchev–Trinajstić information content (AvgIpc) is 3.65. The van der Waals surface area contributed by atoms with Gasteiger partial charge < -0.3 is 4.90 Å². The molecule has 0 saturated carbocycles. The molecule has 0 N–H and O–H groups in total. The fourth-order valence-electron chi connectivity index (χ4n) is 5.05. The third-order valence-corrected chi connectivity index (χ3v) is 7.37. The lowest BCUT2D eigenvalue weighted by molar-refractivity contribution is 0.195. The van der Waals surface area contributed by atoms with Crippen molar-refractivity contribution < 1.29 is 0 Å². The van der Waals surface area contributed by atoms with Gasteiger partial charge >= 0.3 is 0 Å². The minimum absolute atomic E-state index is 0.244. The highest BCUT2D eigenvalue weighted by Gasteiger charge is 2.24. The second-order valence-corrected chi connectivity index (χ2v) is 10.1. The monoisotopic (exact) mass is 518 g/mol. The molecule has 6 heterocycles. The van der Waals surface area contributed by atoms with Gasteiger partial charge in [0.25, 0.3) is 0 Å². The Morgan fingerprint density at radius 1 is 0.872 bits per heavy atom. The molecule has 5 aromatic heterocycles. The van der Waals surface area contributed by atoms with Gasteiger partial charge in [0.15, 0.2) is 0 Å². The Hall–Kier alpha value is -4.62. The van der Waals surface area contributed by atoms with E-state index in [9.17, 15) is 5.26 Å². The van der Waals surface area contributed by atoms with E-state index in [1.165, 1.54) is 0 Å². The van der Waals surface area contributed by atoms with Gasteiger partial charge in [0.1, 0.15) is 23.0 Å². The molecule has 0 amide bonds. The molecule has 10 heteroatoms. The summed E-state index contributed by atoms with van der Waals surface area (Å²) < 4.78 is 3.62. The van der Waals surface area contributed by atoms with Crippen LogP contribution in [-0.4, -0.2) is 65.4 Å². The number of nitrogens with zero attached hydrogens (tertiary/aromatic N) is 10. The van der Waals surface area contributed by atoms with Gasteiger partial charge in [-0.2, -0.15) is 15.5 Å². The molecule has 0 radical (unpaired) electrons. The van der Waals surface area contributed by atoms with Gasteiger partial charge in [0.2, 0.25) is 0 Å². The summed E-state index contributed by atoms with van der Waals surface area (Å²) in [5, 5.41) is 18.6. The Balaban J connectivity index is 1.26. The molecule has 0 bridgehead atoms. The van der Waals surface area contributed by atoms with E-state index in [4.69, 9.17) is 9.97 Å². The van der Waals surface area contributed by atoms with Crippen LogP contribution in [-0.2, 0) is 0 Å². The second-order valence-electron chi connectivity index (χ2n) is 10.1. The molecule has 1 saturated heterocycles. The Kier molecular flexibility index (Phi) is 6.50. The van der Waals surface area contributed by atoms with Gasteiger partial charge in [-0.1, -0.05) is 6.07 Å². The molecule has 39 heavy (non-hydrogen) atoms. The predicted octanol–water partition coefficient (Wildman–Crippen LogP) is 4.39. The molecule has 5 aromatic rings. The van der Waals surface area contributed by atoms with Crippen molar-refractivity contribution in [1.29, 1.82) is 5.26 Å². The zero-order valence-corrected chi connectivity index (χ0v) is 22.3. The maximum atomic E-state index is 9.72. The summed E-state index contributed by atoms with van der Waals surface area (Å²) >= 11 is 0. The van der Waals surface area contributed by atoms with Crippen molar-refractivity contribution in [1.82, 2.24) is 39.2 Å². The van der Waals surface area contributed by atoms with Crippen molar-refractivity contribution in [3.05, 3.63) is 78.8 Å². The molecule has 1 fully saturated rings. The van der Waals surface area contributed by atoms with Gasteiger partial charge in [0.05, 0.1) is 35.7 Å². The van der Waals surface area contributed by atoms with Gasteiger partial charge in [-0.05, 0) is 45.0 Å². The molecule has 10 nitrogen and oxygen atoms in total. The summed E-state index contributed by atoms with van der Waals surface area (Å²) in [5.74, 6) is 0.934. The number of aromatic nitrogens is 7. The van der Waals surface area contributed by atoms with Crippen LogP contribution in [0.2, 0.25) is 0 Å². The summed E-state index contributed by atoms with van der Waals surface area (Å²) in [5.41, 5.74) is 5.38. The fraction of sp³-hybridized carbons (Fsp3) is 0.310. The maximum Gasteiger partial charge on any atom is 0.128 e. The number of fused-ring (bicyclic) bond motifs is 1. The van der Waals surface area contributed by atoms with E-state index in [0.717, 1.165) is 54.5 Å². The van der Waals surface area contributed by atoms with Crippen molar-refractivity contribution in [2.75, 3.05) is 31.1 Å². The largest absolute Gasteiger partial charge is 0.354 e. The van der Waals surface area contributed by atoms with Crippen molar-refractivity contribution in [3.8, 4) is 28.6 Å². The Labute approximate surface area is 227 Å². The molecule has 1 aliphatic rings. The van der Waals surface area contributed by atoms with Gasteiger partial charge in [-0.15, -0.1) is 0 Å². The summed E-state index contributed by atoms with van der Waals surface area (Å²) in [6.07, 6.45) is 10.9. The van der Waals surface area contributed by atoms with E-state index < -0.39 is 0 Å². The highest BCUT2D eigenvalue weighted by molar-refractivity contribution is 5.83. The minimum atomic E-state index is 0.244. The first kappa shape index (κ1) is 24.7. The molecule has 196 valence electrons. The summed E-state index contributed by atoms with van der Waals surface area (Å²) in [7, 11) is 0. The smallest absolute Gasteiger partial charge is 0.128 e. The number of rotatable bonds is 6. The third kappa shape index (κ3) is 4.73. The zero-order valence-electron chi connectivity index (χ0n) is 22.3. The standard InChI is InChI=1S/C29H30N10/c1-20(2)38-18-24(17-33-38)26-19-39-29(23(14-30)16-34-39)28(35-26)22-7-8-27(32-15-22)37-12-10-36(11-13-37)21(3)25-6-4-5-9-31-25/h4-9,15-21H,10-13H2,1-3H3/t21-/m1/s1. The van der Waals surface area contributed by atoms with Crippen LogP contribution in [0.25, 0.3) is 28.0 Å². The number of anilines is 1. The van der Waals surface area contributed by atoms with E-state index in [0.29, 0.717) is 16.8 Å². The van der Waals surface area contributed by atoms with Crippen LogP contribution in [0.3, 0.4) is 0 Å². The molecule has 0 spiro atoms. The lowest BCUT2D eigenvalue weighted by atomic mass is 10.1. The highest BCUT2D eigenvalue weighted by Crippen LogP contribution is 2.30. The van der Waals surface area contributed by atoms with Gasteiger partial charge in [0, 0.05) is 68.0 Å². The van der Waals surface area contributed by atoms with E-state index in [1.807, 2.05) is 59.9 Å². The topological polar surface area (TPSA) is 104 Å². The molecule has 0 aromatic carbocycles. The first-order valence-corrected chi connectivity index (χ1v) is 13.2. The lowest BCUT2D eigenvalue weighted by Crippen LogP contribution is -2.47. The Morgan fingerprint density at radius 3 is 2.38 bits per heavy atom. The molecule has 1 atom stereocenters. The first-order valence-electron chi connectivity index (χ1n) is 13.2. The minimum Gasteiger partial charge on any atom is -0.354 e. The van der Waals surface area contributed by atoms with Crippen molar-refractivity contribution in [2.24, 2.45) is 0 Å². The van der Waals surface area contributed by atoms with Crippen molar-refractivity contribution in [3.63, 3.8) is 0 Å². The number of hydrogen-bond acceptors (Lipinski definition) is 8. The predicted molar refractivity (Wildman–Crippen MR) is 149 cm³/mol. The third-order valence-electron chi connectivity index (χ3n) is 7.37. The van der Waals surface area contributed by atoms with Gasteiger partial charge in [-0.3, -0.25) is 14.6 Å². The number of nitriles is 1. The molecule has 0 aliphatic carbocycles. The van der Waals surface area contributed by atoms with Crippen molar-refractivity contribution in [2.45, 2.75) is 32.9 Å². The Morgan fingerprint density at radius 2 is 1.72 bits per heavy atom. The Bertz CT molecular complexity index is 1620. The van der Waals surface area contributed by atoms with Crippen LogP contribution >= 0.6 is 0 Å². The first-order chi connectivity index (χ1) is 19.0. The summed E-state index contributed by atoms with van der Waals surface area (Å²) in [6, 6.07) is 12.9. The number of pyridine rings is 2. The van der Waals surface area contributed by atoms with E-state index in [-0.39, 0.29) is 12.1 Å². The summed E-state index contributed by atoms with van der Waals surface area (Å²) in [4.78, 5) is 19.1. The van der Waals surface area contributed by atoms with Gasteiger partial charge in [-0.25, -0.2) is 14.5 Å². The normalized spacial score (nSPS) is 15.1. The van der Waals surface area contributed by atoms with Crippen LogP contribution < -0.4 is 4.90 Å². The second kappa shape index (κ2) is 10.3. The van der Waals surface area contributed by atoms with E-state index in [2.05, 4.69) is 57.9 Å². The molecule has 1 aliphatic heterocycles. The van der Waals surface area contributed by atoms with Crippen LogP contribution in [0.5, 0.6) is 0 Å². The zero-order chi connectivity index (χ0) is 26.9. The van der Waals surface area contributed by atoms with Crippen LogP contribution in [0, 0.1) is 11.3 Å². The average molecular weight is 519 g/mol. The molecule has 6 rings (SSSR count). The van der Waals surface area contributed by atoms with Crippen LogP contribution in [0.15, 0.2) is 67.5 Å². The van der Waals surface area contributed by atoms with Crippen LogP contribution in [0.4, 0.5) is 5.82 Å². The molecule has 0 unspecified atom stereocenters. The number of piperazine rings is 1.